The van der Waals surface area contributed by atoms with E-state index in [2.05, 4.69) is 5.06 Å². The van der Waals surface area contributed by atoms with Gasteiger partial charge in [0.05, 0.1) is 6.61 Å². The Kier molecular flexibility index (Phi) is 1.66. The van der Waals surface area contributed by atoms with Crippen molar-refractivity contribution in [3.05, 3.63) is 0 Å². The number of hydroxylamine groups is 2. The van der Waals surface area contributed by atoms with Crippen molar-refractivity contribution in [2.75, 3.05) is 13.2 Å². The van der Waals surface area contributed by atoms with Crippen LogP contribution in [0.2, 0.25) is 0 Å². The number of hydrogen-bond donors (Lipinski definition) is 0. The zero-order valence-corrected chi connectivity index (χ0v) is 7.54. The van der Waals surface area contributed by atoms with Crippen molar-refractivity contribution in [2.24, 2.45) is 11.8 Å². The highest BCUT2D eigenvalue weighted by Gasteiger charge is 2.44. The summed E-state index contributed by atoms with van der Waals surface area (Å²) in [6.07, 6.45) is 7.14. The molecule has 2 nitrogen and oxygen atoms in total. The van der Waals surface area contributed by atoms with E-state index in [0.717, 1.165) is 24.5 Å². The third kappa shape index (κ3) is 0.944. The summed E-state index contributed by atoms with van der Waals surface area (Å²) in [5.74, 6) is 1.85. The molecule has 0 spiro atoms. The molecule has 0 unspecified atom stereocenters. The molecule has 2 heteroatoms. The molecule has 0 aromatic rings. The van der Waals surface area contributed by atoms with Crippen LogP contribution in [0.25, 0.3) is 0 Å². The lowest BCUT2D eigenvalue weighted by Gasteiger charge is -2.40. The van der Waals surface area contributed by atoms with E-state index in [4.69, 9.17) is 4.84 Å². The van der Waals surface area contributed by atoms with E-state index in [-0.39, 0.29) is 0 Å². The van der Waals surface area contributed by atoms with Crippen LogP contribution in [0.4, 0.5) is 0 Å². The Labute approximate surface area is 73.8 Å². The number of piperidine rings is 1. The molecule has 12 heavy (non-hydrogen) atoms. The van der Waals surface area contributed by atoms with Gasteiger partial charge < -0.3 is 0 Å². The molecule has 0 radical (unpaired) electrons. The molecule has 0 bridgehead atoms. The minimum atomic E-state index is 0.812. The zero-order chi connectivity index (χ0) is 7.97. The van der Waals surface area contributed by atoms with Crippen LogP contribution in [-0.2, 0) is 4.84 Å². The maximum absolute atomic E-state index is 5.70. The Morgan fingerprint density at radius 3 is 2.83 bits per heavy atom. The first-order valence-corrected chi connectivity index (χ1v) is 5.35. The van der Waals surface area contributed by atoms with Crippen LogP contribution in [0, 0.1) is 11.8 Å². The molecule has 68 valence electrons. The van der Waals surface area contributed by atoms with Gasteiger partial charge in [-0.15, -0.1) is 0 Å². The Morgan fingerprint density at radius 2 is 1.83 bits per heavy atom. The van der Waals surface area contributed by atoms with Crippen molar-refractivity contribution < 1.29 is 4.84 Å². The van der Waals surface area contributed by atoms with Gasteiger partial charge in [-0.25, -0.2) is 0 Å². The normalized spacial score (nSPS) is 47.5. The van der Waals surface area contributed by atoms with Crippen LogP contribution in [0.5, 0.6) is 0 Å². The van der Waals surface area contributed by atoms with E-state index in [0.29, 0.717) is 0 Å². The second-order valence-corrected chi connectivity index (χ2v) is 4.52. The van der Waals surface area contributed by atoms with Gasteiger partial charge in [0.1, 0.15) is 0 Å². The molecular formula is C10H17NO. The maximum atomic E-state index is 5.70. The summed E-state index contributed by atoms with van der Waals surface area (Å²) in [6, 6.07) is 0.812. The van der Waals surface area contributed by atoms with Crippen LogP contribution in [-0.4, -0.2) is 24.3 Å². The van der Waals surface area contributed by atoms with Crippen LogP contribution < -0.4 is 0 Å². The predicted molar refractivity (Wildman–Crippen MR) is 46.5 cm³/mol. The Hall–Kier alpha value is -0.0800. The lowest BCUT2D eigenvalue weighted by atomic mass is 9.74. The van der Waals surface area contributed by atoms with Gasteiger partial charge in [-0.3, -0.25) is 4.84 Å². The van der Waals surface area contributed by atoms with Crippen molar-refractivity contribution in [1.82, 2.24) is 5.06 Å². The highest BCUT2D eigenvalue weighted by atomic mass is 16.7. The largest absolute Gasteiger partial charge is 0.298 e. The summed E-state index contributed by atoms with van der Waals surface area (Å²) in [4.78, 5) is 5.70. The Balaban J connectivity index is 1.84. The first-order valence-electron chi connectivity index (χ1n) is 5.35. The van der Waals surface area contributed by atoms with Gasteiger partial charge in [-0.2, -0.15) is 5.06 Å². The second-order valence-electron chi connectivity index (χ2n) is 4.52. The quantitative estimate of drug-likeness (QED) is 0.545. The third-order valence-corrected chi connectivity index (χ3v) is 3.86. The molecule has 2 saturated heterocycles. The fourth-order valence-corrected chi connectivity index (χ4v) is 3.34. The third-order valence-electron chi connectivity index (χ3n) is 3.86. The van der Waals surface area contributed by atoms with E-state index >= 15 is 0 Å². The van der Waals surface area contributed by atoms with Crippen LogP contribution >= 0.6 is 0 Å². The van der Waals surface area contributed by atoms with Crippen molar-refractivity contribution in [1.29, 1.82) is 0 Å². The van der Waals surface area contributed by atoms with E-state index in [1.54, 1.807) is 0 Å². The summed E-state index contributed by atoms with van der Waals surface area (Å²) in [5.41, 5.74) is 0. The molecule has 0 aromatic heterocycles. The van der Waals surface area contributed by atoms with Crippen molar-refractivity contribution in [3.8, 4) is 0 Å². The van der Waals surface area contributed by atoms with Crippen molar-refractivity contribution >= 4 is 0 Å². The van der Waals surface area contributed by atoms with Gasteiger partial charge in [0.15, 0.2) is 0 Å². The summed E-state index contributed by atoms with van der Waals surface area (Å²) in [6.45, 7) is 2.21. The highest BCUT2D eigenvalue weighted by molar-refractivity contribution is 4.92. The standard InChI is InChI=1S/C10H17NO/c1-3-8-5-2-6-11-10(8)9(4-1)7-12-11/h8-10H,1-7H2/t8-,9-,10+/m0/s1. The van der Waals surface area contributed by atoms with Gasteiger partial charge in [-0.05, 0) is 31.6 Å². The topological polar surface area (TPSA) is 12.5 Å². The Bertz CT molecular complexity index is 165. The van der Waals surface area contributed by atoms with Gasteiger partial charge >= 0.3 is 0 Å². The van der Waals surface area contributed by atoms with E-state index in [1.165, 1.54) is 38.6 Å². The molecule has 3 aliphatic rings. The maximum Gasteiger partial charge on any atom is 0.0729 e. The van der Waals surface area contributed by atoms with E-state index < -0.39 is 0 Å². The summed E-state index contributed by atoms with van der Waals surface area (Å²) < 4.78 is 0. The van der Waals surface area contributed by atoms with E-state index in [1.807, 2.05) is 0 Å². The van der Waals surface area contributed by atoms with Gasteiger partial charge in [0.25, 0.3) is 0 Å². The molecule has 2 heterocycles. The van der Waals surface area contributed by atoms with Crippen LogP contribution in [0.1, 0.15) is 32.1 Å². The van der Waals surface area contributed by atoms with Gasteiger partial charge in [-0.1, -0.05) is 6.42 Å². The average Bonchev–Trinajstić information content (AvgIpc) is 2.52. The summed E-state index contributed by atoms with van der Waals surface area (Å²) >= 11 is 0. The molecule has 0 aromatic carbocycles. The minimum Gasteiger partial charge on any atom is -0.298 e. The minimum absolute atomic E-state index is 0.812. The van der Waals surface area contributed by atoms with Gasteiger partial charge in [0.2, 0.25) is 0 Å². The smallest absolute Gasteiger partial charge is 0.0729 e. The lowest BCUT2D eigenvalue weighted by Crippen LogP contribution is -2.45. The first-order chi connectivity index (χ1) is 5.95. The molecule has 3 fully saturated rings. The summed E-state index contributed by atoms with van der Waals surface area (Å²) in [7, 11) is 0. The number of rotatable bonds is 0. The summed E-state index contributed by atoms with van der Waals surface area (Å²) in [5, 5.41) is 2.29. The average molecular weight is 167 g/mol. The van der Waals surface area contributed by atoms with Gasteiger partial charge in [0, 0.05) is 18.5 Å². The number of hydrogen-bond acceptors (Lipinski definition) is 2. The Morgan fingerprint density at radius 1 is 1.00 bits per heavy atom. The second kappa shape index (κ2) is 2.71. The van der Waals surface area contributed by atoms with E-state index in [9.17, 15) is 0 Å². The van der Waals surface area contributed by atoms with Crippen molar-refractivity contribution in [2.45, 2.75) is 38.1 Å². The SMILES string of the molecule is C1C[C@H]2CCCN3OC[C@H](C1)[C@@H]23. The fraction of sp³-hybridized carbons (Fsp3) is 1.00. The molecule has 1 aliphatic carbocycles. The predicted octanol–water partition coefficient (Wildman–Crippen LogP) is 1.81. The molecule has 3 atom stereocenters. The highest BCUT2D eigenvalue weighted by Crippen LogP contribution is 2.42. The lowest BCUT2D eigenvalue weighted by molar-refractivity contribution is -0.157. The molecule has 1 saturated carbocycles. The van der Waals surface area contributed by atoms with Crippen LogP contribution in [0.15, 0.2) is 0 Å². The monoisotopic (exact) mass is 167 g/mol. The molecular weight excluding hydrogens is 150 g/mol. The number of nitrogens with zero attached hydrogens (tertiary/aromatic N) is 1. The fourth-order valence-electron chi connectivity index (χ4n) is 3.34. The molecule has 0 N–H and O–H groups in total. The zero-order valence-electron chi connectivity index (χ0n) is 7.54. The molecule has 2 aliphatic heterocycles. The molecule has 3 rings (SSSR count). The first kappa shape index (κ1) is 7.34. The van der Waals surface area contributed by atoms with Crippen LogP contribution in [0.3, 0.4) is 0 Å². The van der Waals surface area contributed by atoms with Crippen molar-refractivity contribution in [3.63, 3.8) is 0 Å². The molecule has 0 amide bonds.